The van der Waals surface area contributed by atoms with Crippen molar-refractivity contribution in [1.29, 1.82) is 0 Å². The highest BCUT2D eigenvalue weighted by atomic mass is 32.2. The summed E-state index contributed by atoms with van der Waals surface area (Å²) in [7, 11) is 0. The van der Waals surface area contributed by atoms with Crippen LogP contribution in [0.2, 0.25) is 0 Å². The fraction of sp³-hybridized carbons (Fsp3) is 0.389. The van der Waals surface area contributed by atoms with E-state index in [1.165, 1.54) is 11.8 Å². The second kappa shape index (κ2) is 9.98. The Hall–Kier alpha value is -2.32. The SMILES string of the molecule is C=CCNC(=O)CC1CC(=O)NC(SCC(=O)Nc2cccc(C)c2)N1. The van der Waals surface area contributed by atoms with Crippen LogP contribution in [-0.4, -0.2) is 41.6 Å². The molecule has 2 atom stereocenters. The highest BCUT2D eigenvalue weighted by Crippen LogP contribution is 2.15. The number of hydrogen-bond donors (Lipinski definition) is 4. The van der Waals surface area contributed by atoms with Gasteiger partial charge >= 0.3 is 0 Å². The molecule has 1 fully saturated rings. The molecule has 1 aliphatic heterocycles. The van der Waals surface area contributed by atoms with Gasteiger partial charge in [-0.05, 0) is 24.6 Å². The number of thioether (sulfide) groups is 1. The first-order chi connectivity index (χ1) is 12.5. The predicted octanol–water partition coefficient (Wildman–Crippen LogP) is 1.12. The Morgan fingerprint density at radius 3 is 2.92 bits per heavy atom. The summed E-state index contributed by atoms with van der Waals surface area (Å²) in [4.78, 5) is 35.7. The molecule has 2 rings (SSSR count). The molecule has 1 saturated heterocycles. The quantitative estimate of drug-likeness (QED) is 0.510. The Labute approximate surface area is 157 Å². The zero-order chi connectivity index (χ0) is 18.9. The van der Waals surface area contributed by atoms with Crippen LogP contribution in [0, 0.1) is 6.92 Å². The maximum absolute atomic E-state index is 12.1. The van der Waals surface area contributed by atoms with Gasteiger partial charge in [0.15, 0.2) is 0 Å². The van der Waals surface area contributed by atoms with Crippen molar-refractivity contribution in [1.82, 2.24) is 16.0 Å². The molecular weight excluding hydrogens is 352 g/mol. The van der Waals surface area contributed by atoms with Gasteiger partial charge in [0, 0.05) is 31.1 Å². The zero-order valence-corrected chi connectivity index (χ0v) is 15.5. The summed E-state index contributed by atoms with van der Waals surface area (Å²) in [6.07, 6.45) is 2.03. The fourth-order valence-corrected chi connectivity index (χ4v) is 3.42. The van der Waals surface area contributed by atoms with Gasteiger partial charge in [-0.2, -0.15) is 0 Å². The Balaban J connectivity index is 1.78. The summed E-state index contributed by atoms with van der Waals surface area (Å²) in [6, 6.07) is 7.29. The van der Waals surface area contributed by atoms with Crippen molar-refractivity contribution in [3.8, 4) is 0 Å². The molecular formula is C18H24N4O3S. The van der Waals surface area contributed by atoms with Crippen molar-refractivity contribution in [2.75, 3.05) is 17.6 Å². The van der Waals surface area contributed by atoms with Gasteiger partial charge in [-0.15, -0.1) is 18.3 Å². The number of aryl methyl sites for hydroxylation is 1. The van der Waals surface area contributed by atoms with Crippen molar-refractivity contribution < 1.29 is 14.4 Å². The molecule has 2 unspecified atom stereocenters. The molecule has 7 nitrogen and oxygen atoms in total. The summed E-state index contributed by atoms with van der Waals surface area (Å²) < 4.78 is 0. The van der Waals surface area contributed by atoms with E-state index in [-0.39, 0.29) is 42.4 Å². The number of carbonyl (C=O) groups is 3. The van der Waals surface area contributed by atoms with E-state index >= 15 is 0 Å². The van der Waals surface area contributed by atoms with Crippen LogP contribution >= 0.6 is 11.8 Å². The largest absolute Gasteiger partial charge is 0.353 e. The third-order valence-electron chi connectivity index (χ3n) is 3.67. The third-order valence-corrected chi connectivity index (χ3v) is 4.69. The average Bonchev–Trinajstić information content (AvgIpc) is 2.58. The molecule has 8 heteroatoms. The second-order valence-electron chi connectivity index (χ2n) is 6.04. The van der Waals surface area contributed by atoms with Crippen LogP contribution in [0.25, 0.3) is 0 Å². The highest BCUT2D eigenvalue weighted by Gasteiger charge is 2.27. The number of anilines is 1. The fourth-order valence-electron chi connectivity index (χ4n) is 2.53. The van der Waals surface area contributed by atoms with Crippen molar-refractivity contribution in [2.24, 2.45) is 0 Å². The summed E-state index contributed by atoms with van der Waals surface area (Å²) >= 11 is 1.28. The maximum Gasteiger partial charge on any atom is 0.234 e. The molecule has 3 amide bonds. The third kappa shape index (κ3) is 6.89. The Kier molecular flexibility index (Phi) is 7.68. The number of rotatable bonds is 8. The molecule has 26 heavy (non-hydrogen) atoms. The second-order valence-corrected chi connectivity index (χ2v) is 7.13. The molecule has 1 aromatic carbocycles. The predicted molar refractivity (Wildman–Crippen MR) is 104 cm³/mol. The summed E-state index contributed by atoms with van der Waals surface area (Å²) in [6.45, 7) is 5.90. The molecule has 4 N–H and O–H groups in total. The van der Waals surface area contributed by atoms with E-state index in [0.717, 1.165) is 11.3 Å². The van der Waals surface area contributed by atoms with Gasteiger partial charge in [-0.3, -0.25) is 19.7 Å². The average molecular weight is 376 g/mol. The summed E-state index contributed by atoms with van der Waals surface area (Å²) in [5.74, 6) is -0.247. The number of hydrogen-bond acceptors (Lipinski definition) is 5. The van der Waals surface area contributed by atoms with Crippen LogP contribution in [0.1, 0.15) is 18.4 Å². The Bertz CT molecular complexity index is 680. The van der Waals surface area contributed by atoms with Gasteiger partial charge in [0.1, 0.15) is 5.50 Å². The number of benzene rings is 1. The van der Waals surface area contributed by atoms with Crippen LogP contribution in [0.15, 0.2) is 36.9 Å². The lowest BCUT2D eigenvalue weighted by Gasteiger charge is -2.30. The molecule has 0 radical (unpaired) electrons. The van der Waals surface area contributed by atoms with Gasteiger partial charge in [0.2, 0.25) is 17.7 Å². The molecule has 1 heterocycles. The van der Waals surface area contributed by atoms with Crippen molar-refractivity contribution >= 4 is 35.2 Å². The van der Waals surface area contributed by atoms with E-state index in [1.54, 1.807) is 6.08 Å². The van der Waals surface area contributed by atoms with Gasteiger partial charge in [0.05, 0.1) is 5.75 Å². The van der Waals surface area contributed by atoms with Gasteiger partial charge in [0.25, 0.3) is 0 Å². The Morgan fingerprint density at radius 1 is 1.38 bits per heavy atom. The molecule has 0 bridgehead atoms. The lowest BCUT2D eigenvalue weighted by molar-refractivity contribution is -0.125. The molecule has 0 aromatic heterocycles. The first-order valence-electron chi connectivity index (χ1n) is 8.37. The Morgan fingerprint density at radius 2 is 2.19 bits per heavy atom. The monoisotopic (exact) mass is 376 g/mol. The maximum atomic E-state index is 12.1. The van der Waals surface area contributed by atoms with Crippen molar-refractivity contribution in [3.05, 3.63) is 42.5 Å². The van der Waals surface area contributed by atoms with Gasteiger partial charge in [-0.1, -0.05) is 18.2 Å². The molecule has 1 aliphatic rings. The number of carbonyl (C=O) groups excluding carboxylic acids is 3. The molecule has 0 spiro atoms. The highest BCUT2D eigenvalue weighted by molar-refractivity contribution is 8.00. The van der Waals surface area contributed by atoms with Crippen LogP contribution in [0.4, 0.5) is 5.69 Å². The van der Waals surface area contributed by atoms with Crippen LogP contribution < -0.4 is 21.3 Å². The molecule has 1 aromatic rings. The van der Waals surface area contributed by atoms with Crippen molar-refractivity contribution in [2.45, 2.75) is 31.3 Å². The molecule has 140 valence electrons. The number of nitrogens with one attached hydrogen (secondary N) is 4. The standard InChI is InChI=1S/C18H24N4O3S/c1-3-7-19-15(23)9-14-10-16(24)22-18(21-14)26-11-17(25)20-13-6-4-5-12(2)8-13/h3-6,8,14,18,21H,1,7,9-11H2,2H3,(H,19,23)(H,20,25)(H,22,24). The first kappa shape index (κ1) is 20.0. The van der Waals surface area contributed by atoms with E-state index in [9.17, 15) is 14.4 Å². The van der Waals surface area contributed by atoms with E-state index < -0.39 is 5.50 Å². The summed E-state index contributed by atoms with van der Waals surface area (Å²) in [5.41, 5.74) is 1.40. The van der Waals surface area contributed by atoms with Crippen LogP contribution in [0.3, 0.4) is 0 Å². The molecule has 0 aliphatic carbocycles. The minimum absolute atomic E-state index is 0.137. The van der Waals surface area contributed by atoms with Gasteiger partial charge in [-0.25, -0.2) is 0 Å². The lowest BCUT2D eigenvalue weighted by Crippen LogP contribution is -2.56. The molecule has 0 saturated carbocycles. The normalized spacial score (nSPS) is 19.3. The van der Waals surface area contributed by atoms with Crippen molar-refractivity contribution in [3.63, 3.8) is 0 Å². The lowest BCUT2D eigenvalue weighted by atomic mass is 10.1. The zero-order valence-electron chi connectivity index (χ0n) is 14.7. The van der Waals surface area contributed by atoms with E-state index in [1.807, 2.05) is 31.2 Å². The minimum atomic E-state index is -0.406. The topological polar surface area (TPSA) is 99.3 Å². The smallest absolute Gasteiger partial charge is 0.234 e. The van der Waals surface area contributed by atoms with E-state index in [0.29, 0.717) is 6.54 Å². The van der Waals surface area contributed by atoms with Gasteiger partial charge < -0.3 is 16.0 Å². The van der Waals surface area contributed by atoms with E-state index in [2.05, 4.69) is 27.8 Å². The van der Waals surface area contributed by atoms with Crippen LogP contribution in [-0.2, 0) is 14.4 Å². The minimum Gasteiger partial charge on any atom is -0.353 e. The van der Waals surface area contributed by atoms with E-state index in [4.69, 9.17) is 0 Å². The number of amides is 3. The van der Waals surface area contributed by atoms with Crippen LogP contribution in [0.5, 0.6) is 0 Å². The summed E-state index contributed by atoms with van der Waals surface area (Å²) in [5, 5.41) is 11.5. The first-order valence-corrected chi connectivity index (χ1v) is 9.42.